The number of pyridine rings is 1. The molecule has 22 heavy (non-hydrogen) atoms. The summed E-state index contributed by atoms with van der Waals surface area (Å²) in [7, 11) is 0. The minimum Gasteiger partial charge on any atom is -0.427 e. The van der Waals surface area contributed by atoms with Crippen LogP contribution in [0.5, 0.6) is 10.9 Å². The van der Waals surface area contributed by atoms with Crippen LogP contribution in [0, 0.1) is 0 Å². The van der Waals surface area contributed by atoms with Crippen LogP contribution in [0.25, 0.3) is 15.0 Å². The highest BCUT2D eigenvalue weighted by molar-refractivity contribution is 7.18. The van der Waals surface area contributed by atoms with Gasteiger partial charge in [0.2, 0.25) is 4.96 Å². The SMILES string of the molecule is CC(C)(C)c1cn2nc(Oc3cncc4sccc34)sc2n1. The molecule has 0 amide bonds. The average Bonchev–Trinajstić information content (AvgIpc) is 3.10. The van der Waals surface area contributed by atoms with Crippen LogP contribution in [0.3, 0.4) is 0 Å². The van der Waals surface area contributed by atoms with Crippen LogP contribution in [-0.4, -0.2) is 19.6 Å². The summed E-state index contributed by atoms with van der Waals surface area (Å²) < 4.78 is 8.79. The minimum absolute atomic E-state index is 0.0145. The average molecular weight is 330 g/mol. The number of imidazole rings is 1. The van der Waals surface area contributed by atoms with E-state index >= 15 is 0 Å². The molecule has 0 spiro atoms. The monoisotopic (exact) mass is 330 g/mol. The molecule has 7 heteroatoms. The van der Waals surface area contributed by atoms with Gasteiger partial charge in [-0.3, -0.25) is 4.98 Å². The van der Waals surface area contributed by atoms with Crippen molar-refractivity contribution in [2.24, 2.45) is 0 Å². The van der Waals surface area contributed by atoms with Gasteiger partial charge in [0, 0.05) is 17.0 Å². The maximum Gasteiger partial charge on any atom is 0.299 e. The number of aromatic nitrogens is 4. The molecule has 0 aromatic carbocycles. The predicted octanol–water partition coefficient (Wildman–Crippen LogP) is 4.49. The molecule has 4 heterocycles. The Balaban J connectivity index is 1.70. The molecular weight excluding hydrogens is 316 g/mol. The maximum absolute atomic E-state index is 5.91. The summed E-state index contributed by atoms with van der Waals surface area (Å²) >= 11 is 3.08. The van der Waals surface area contributed by atoms with E-state index in [1.165, 1.54) is 11.3 Å². The Morgan fingerprint density at radius 2 is 2.09 bits per heavy atom. The number of thiophene rings is 1. The third-order valence-corrected chi connectivity index (χ3v) is 4.99. The summed E-state index contributed by atoms with van der Waals surface area (Å²) in [5.74, 6) is 0.729. The van der Waals surface area contributed by atoms with Crippen molar-refractivity contribution in [1.82, 2.24) is 19.6 Å². The van der Waals surface area contributed by atoms with Crippen LogP contribution in [0.15, 0.2) is 30.0 Å². The molecule has 5 nitrogen and oxygen atoms in total. The topological polar surface area (TPSA) is 52.3 Å². The Bertz CT molecular complexity index is 929. The zero-order valence-electron chi connectivity index (χ0n) is 12.4. The maximum atomic E-state index is 5.91. The number of fused-ring (bicyclic) bond motifs is 2. The molecule has 0 saturated heterocycles. The van der Waals surface area contributed by atoms with Gasteiger partial charge in [-0.2, -0.15) is 0 Å². The van der Waals surface area contributed by atoms with Gasteiger partial charge in [0.15, 0.2) is 5.75 Å². The Kier molecular flexibility index (Phi) is 2.95. The Hall–Kier alpha value is -1.99. The zero-order valence-corrected chi connectivity index (χ0v) is 14.0. The first kappa shape index (κ1) is 13.7. The molecule has 0 fully saturated rings. The normalized spacial score (nSPS) is 12.3. The molecule has 4 aromatic heterocycles. The predicted molar refractivity (Wildman–Crippen MR) is 89.3 cm³/mol. The van der Waals surface area contributed by atoms with Crippen molar-refractivity contribution in [3.05, 3.63) is 35.7 Å². The second kappa shape index (κ2) is 4.76. The van der Waals surface area contributed by atoms with E-state index in [4.69, 9.17) is 4.74 Å². The van der Waals surface area contributed by atoms with E-state index in [0.29, 0.717) is 5.19 Å². The standard InChI is InChI=1S/C15H14N4OS2/c1-15(2,3)12-8-19-13(17-12)22-14(18-19)20-10-6-16-7-11-9(10)4-5-21-11/h4-8H,1-3H3. The lowest BCUT2D eigenvalue weighted by molar-refractivity contribution is 0.473. The number of rotatable bonds is 2. The molecule has 0 aliphatic rings. The molecule has 112 valence electrons. The van der Waals surface area contributed by atoms with Crippen LogP contribution in [-0.2, 0) is 5.41 Å². The number of nitrogens with zero attached hydrogens (tertiary/aromatic N) is 4. The summed E-state index contributed by atoms with van der Waals surface area (Å²) in [4.78, 5) is 9.67. The van der Waals surface area contributed by atoms with Crippen LogP contribution in [0.4, 0.5) is 0 Å². The lowest BCUT2D eigenvalue weighted by Gasteiger charge is -2.13. The molecule has 0 aliphatic heterocycles. The van der Waals surface area contributed by atoms with Crippen LogP contribution in [0.1, 0.15) is 26.5 Å². The first-order chi connectivity index (χ1) is 10.5. The quantitative estimate of drug-likeness (QED) is 0.543. The summed E-state index contributed by atoms with van der Waals surface area (Å²) in [5, 5.41) is 8.12. The largest absolute Gasteiger partial charge is 0.427 e. The van der Waals surface area contributed by atoms with Crippen LogP contribution >= 0.6 is 22.7 Å². The van der Waals surface area contributed by atoms with E-state index < -0.39 is 0 Å². The van der Waals surface area contributed by atoms with Gasteiger partial charge < -0.3 is 4.74 Å². The summed E-state index contributed by atoms with van der Waals surface area (Å²) in [6, 6.07) is 2.04. The highest BCUT2D eigenvalue weighted by Gasteiger charge is 2.20. The third kappa shape index (κ3) is 2.26. The molecule has 4 rings (SSSR count). The van der Waals surface area contributed by atoms with Crippen molar-refractivity contribution in [3.8, 4) is 10.9 Å². The number of hydrogen-bond acceptors (Lipinski definition) is 6. The molecule has 0 bridgehead atoms. The number of hydrogen-bond donors (Lipinski definition) is 0. The van der Waals surface area contributed by atoms with Crippen molar-refractivity contribution < 1.29 is 4.74 Å². The molecule has 0 saturated carbocycles. The summed E-state index contributed by atoms with van der Waals surface area (Å²) in [6.07, 6.45) is 5.53. The Morgan fingerprint density at radius 1 is 1.23 bits per heavy atom. The van der Waals surface area contributed by atoms with Gasteiger partial charge in [0.1, 0.15) is 0 Å². The van der Waals surface area contributed by atoms with Crippen molar-refractivity contribution in [1.29, 1.82) is 0 Å². The zero-order chi connectivity index (χ0) is 15.3. The molecule has 0 radical (unpaired) electrons. The van der Waals surface area contributed by atoms with Gasteiger partial charge >= 0.3 is 0 Å². The van der Waals surface area contributed by atoms with Gasteiger partial charge in [0.05, 0.1) is 22.8 Å². The van der Waals surface area contributed by atoms with E-state index in [1.807, 2.05) is 23.8 Å². The van der Waals surface area contributed by atoms with Gasteiger partial charge in [-0.25, -0.2) is 9.50 Å². The third-order valence-electron chi connectivity index (χ3n) is 3.33. The fourth-order valence-corrected chi connectivity index (χ4v) is 3.64. The first-order valence-electron chi connectivity index (χ1n) is 6.86. The molecule has 0 atom stereocenters. The Morgan fingerprint density at radius 3 is 2.86 bits per heavy atom. The van der Waals surface area contributed by atoms with E-state index in [0.717, 1.165) is 26.5 Å². The van der Waals surface area contributed by atoms with Gasteiger partial charge in [-0.15, -0.1) is 16.4 Å². The highest BCUT2D eigenvalue weighted by atomic mass is 32.1. The number of ether oxygens (including phenoxy) is 1. The molecule has 0 aliphatic carbocycles. The van der Waals surface area contributed by atoms with Crippen molar-refractivity contribution >= 4 is 37.7 Å². The van der Waals surface area contributed by atoms with Crippen molar-refractivity contribution in [2.45, 2.75) is 26.2 Å². The minimum atomic E-state index is 0.0145. The van der Waals surface area contributed by atoms with Crippen LogP contribution < -0.4 is 4.74 Å². The molecule has 0 unspecified atom stereocenters. The van der Waals surface area contributed by atoms with Crippen LogP contribution in [0.2, 0.25) is 0 Å². The van der Waals surface area contributed by atoms with Gasteiger partial charge in [0.25, 0.3) is 5.19 Å². The Labute approximate surface area is 135 Å². The lowest BCUT2D eigenvalue weighted by atomic mass is 9.93. The lowest BCUT2D eigenvalue weighted by Crippen LogP contribution is -2.11. The van der Waals surface area contributed by atoms with E-state index in [-0.39, 0.29) is 5.41 Å². The van der Waals surface area contributed by atoms with Crippen molar-refractivity contribution in [2.75, 3.05) is 0 Å². The van der Waals surface area contributed by atoms with Gasteiger partial charge in [-0.1, -0.05) is 20.8 Å². The van der Waals surface area contributed by atoms with E-state index in [1.54, 1.807) is 22.0 Å². The molecular formula is C15H14N4OS2. The van der Waals surface area contributed by atoms with Crippen molar-refractivity contribution in [3.63, 3.8) is 0 Å². The van der Waals surface area contributed by atoms with Gasteiger partial charge in [-0.05, 0) is 22.8 Å². The summed E-state index contributed by atoms with van der Waals surface area (Å²) in [6.45, 7) is 6.42. The first-order valence-corrected chi connectivity index (χ1v) is 8.56. The second-order valence-corrected chi connectivity index (χ2v) is 7.91. The molecule has 4 aromatic rings. The molecule has 0 N–H and O–H groups in total. The fraction of sp³-hybridized carbons (Fsp3) is 0.267. The second-order valence-electron chi connectivity index (χ2n) is 6.04. The summed E-state index contributed by atoms with van der Waals surface area (Å²) in [5.41, 5.74) is 1.04. The highest BCUT2D eigenvalue weighted by Crippen LogP contribution is 2.34. The van der Waals surface area contributed by atoms with E-state index in [2.05, 4.69) is 35.8 Å². The van der Waals surface area contributed by atoms with E-state index in [9.17, 15) is 0 Å². The smallest absolute Gasteiger partial charge is 0.299 e. The fourth-order valence-electron chi connectivity index (χ4n) is 2.13.